The zero-order chi connectivity index (χ0) is 9.14. The minimum absolute atomic E-state index is 0.0929. The average Bonchev–Trinajstić information content (AvgIpc) is 2.36. The number of halogens is 1. The van der Waals surface area contributed by atoms with Gasteiger partial charge >= 0.3 is 0 Å². The molecule has 0 aliphatic carbocycles. The van der Waals surface area contributed by atoms with E-state index in [-0.39, 0.29) is 5.70 Å². The van der Waals surface area contributed by atoms with E-state index < -0.39 is 4.92 Å². The highest BCUT2D eigenvalue weighted by Crippen LogP contribution is 2.24. The SMILES string of the molecule is CC(=Cc1ccsc1Cl)[N+](=O)[O-]. The largest absolute Gasteiger partial charge is 0.259 e. The lowest BCUT2D eigenvalue weighted by molar-refractivity contribution is -0.422. The maximum atomic E-state index is 10.2. The highest BCUT2D eigenvalue weighted by atomic mass is 35.5. The smallest absolute Gasteiger partial charge is 0.243 e. The second-order valence-corrected chi connectivity index (χ2v) is 3.71. The molecule has 1 heterocycles. The van der Waals surface area contributed by atoms with Crippen molar-refractivity contribution in [2.45, 2.75) is 6.92 Å². The van der Waals surface area contributed by atoms with Crippen molar-refractivity contribution in [1.29, 1.82) is 0 Å². The molecule has 0 saturated heterocycles. The Kier molecular flexibility index (Phi) is 2.83. The van der Waals surface area contributed by atoms with Crippen LogP contribution in [0, 0.1) is 10.1 Å². The molecular formula is C7H6ClNO2S. The van der Waals surface area contributed by atoms with Gasteiger partial charge in [-0.1, -0.05) is 11.6 Å². The molecule has 0 aliphatic heterocycles. The molecule has 0 atom stereocenters. The third-order valence-electron chi connectivity index (χ3n) is 1.30. The van der Waals surface area contributed by atoms with E-state index in [1.165, 1.54) is 24.3 Å². The third kappa shape index (κ3) is 2.06. The molecule has 1 aromatic rings. The number of hydrogen-bond donors (Lipinski definition) is 0. The van der Waals surface area contributed by atoms with Crippen molar-refractivity contribution < 1.29 is 4.92 Å². The van der Waals surface area contributed by atoms with Gasteiger partial charge in [0.25, 0.3) is 0 Å². The zero-order valence-corrected chi connectivity index (χ0v) is 7.85. The lowest BCUT2D eigenvalue weighted by atomic mass is 10.3. The fourth-order valence-corrected chi connectivity index (χ4v) is 1.55. The van der Waals surface area contributed by atoms with Gasteiger partial charge in [0.2, 0.25) is 5.70 Å². The van der Waals surface area contributed by atoms with Gasteiger partial charge in [-0.3, -0.25) is 10.1 Å². The van der Waals surface area contributed by atoms with Crippen molar-refractivity contribution in [3.8, 4) is 0 Å². The molecule has 0 unspecified atom stereocenters. The second-order valence-electron chi connectivity index (χ2n) is 2.19. The van der Waals surface area contributed by atoms with Gasteiger partial charge < -0.3 is 0 Å². The Labute approximate surface area is 78.4 Å². The molecule has 1 rings (SSSR count). The molecule has 0 bridgehead atoms. The number of nitrogens with zero attached hydrogens (tertiary/aromatic N) is 1. The Morgan fingerprint density at radius 3 is 2.92 bits per heavy atom. The predicted molar refractivity (Wildman–Crippen MR) is 50.0 cm³/mol. The van der Waals surface area contributed by atoms with E-state index in [2.05, 4.69) is 0 Å². The van der Waals surface area contributed by atoms with Crippen LogP contribution in [0.4, 0.5) is 0 Å². The van der Waals surface area contributed by atoms with E-state index in [1.807, 2.05) is 0 Å². The highest BCUT2D eigenvalue weighted by molar-refractivity contribution is 7.14. The van der Waals surface area contributed by atoms with Gasteiger partial charge in [-0.2, -0.15) is 0 Å². The van der Waals surface area contributed by atoms with Crippen LogP contribution < -0.4 is 0 Å². The fraction of sp³-hybridized carbons (Fsp3) is 0.143. The summed E-state index contributed by atoms with van der Waals surface area (Å²) in [7, 11) is 0. The molecule has 0 radical (unpaired) electrons. The van der Waals surface area contributed by atoms with E-state index in [0.29, 0.717) is 9.90 Å². The van der Waals surface area contributed by atoms with Gasteiger partial charge in [0.15, 0.2) is 0 Å². The van der Waals surface area contributed by atoms with Crippen LogP contribution in [0.1, 0.15) is 12.5 Å². The molecule has 5 heteroatoms. The Balaban J connectivity index is 2.95. The maximum absolute atomic E-state index is 10.2. The molecule has 0 N–H and O–H groups in total. The Bertz CT molecular complexity index is 332. The van der Waals surface area contributed by atoms with Crippen LogP contribution in [0.25, 0.3) is 6.08 Å². The quantitative estimate of drug-likeness (QED) is 0.548. The normalized spacial score (nSPS) is 11.7. The topological polar surface area (TPSA) is 43.1 Å². The molecule has 0 amide bonds. The van der Waals surface area contributed by atoms with E-state index in [9.17, 15) is 10.1 Å². The van der Waals surface area contributed by atoms with E-state index in [4.69, 9.17) is 11.6 Å². The molecule has 0 saturated carbocycles. The highest BCUT2D eigenvalue weighted by Gasteiger charge is 2.04. The Morgan fingerprint density at radius 1 is 1.83 bits per heavy atom. The molecule has 0 spiro atoms. The van der Waals surface area contributed by atoms with Crippen LogP contribution in [-0.2, 0) is 0 Å². The van der Waals surface area contributed by atoms with Crippen LogP contribution in [0.5, 0.6) is 0 Å². The summed E-state index contributed by atoms with van der Waals surface area (Å²) in [5.41, 5.74) is 0.797. The van der Waals surface area contributed by atoms with Crippen LogP contribution in [0.3, 0.4) is 0 Å². The lowest BCUT2D eigenvalue weighted by Crippen LogP contribution is -1.92. The van der Waals surface area contributed by atoms with Crippen molar-refractivity contribution >= 4 is 29.0 Å². The van der Waals surface area contributed by atoms with E-state index >= 15 is 0 Å². The molecule has 3 nitrogen and oxygen atoms in total. The standard InChI is InChI=1S/C7H6ClNO2S/c1-5(9(10)11)4-6-2-3-12-7(6)8/h2-4H,1H3. The van der Waals surface area contributed by atoms with Gasteiger partial charge in [0, 0.05) is 18.6 Å². The first kappa shape index (κ1) is 9.22. The summed E-state index contributed by atoms with van der Waals surface area (Å²) in [6, 6.07) is 1.75. The summed E-state index contributed by atoms with van der Waals surface area (Å²) in [6.45, 7) is 1.44. The monoisotopic (exact) mass is 203 g/mol. The van der Waals surface area contributed by atoms with Crippen molar-refractivity contribution in [2.24, 2.45) is 0 Å². The van der Waals surface area contributed by atoms with Gasteiger partial charge in [0.05, 0.1) is 4.92 Å². The van der Waals surface area contributed by atoms with Crippen molar-refractivity contribution in [2.75, 3.05) is 0 Å². The number of nitro groups is 1. The first-order valence-corrected chi connectivity index (χ1v) is 4.42. The molecule has 0 fully saturated rings. The molecule has 0 aromatic carbocycles. The first-order valence-electron chi connectivity index (χ1n) is 3.17. The summed E-state index contributed by atoms with van der Waals surface area (Å²) in [5.74, 6) is 0. The summed E-state index contributed by atoms with van der Waals surface area (Å²) < 4.78 is 0.580. The number of thiophene rings is 1. The average molecular weight is 204 g/mol. The Hall–Kier alpha value is -0.870. The number of rotatable bonds is 2. The molecule has 0 aliphatic rings. The lowest BCUT2D eigenvalue weighted by Gasteiger charge is -1.89. The second kappa shape index (κ2) is 3.69. The number of allylic oxidation sites excluding steroid dienone is 1. The van der Waals surface area contributed by atoms with Gasteiger partial charge in [-0.15, -0.1) is 11.3 Å². The van der Waals surface area contributed by atoms with Crippen LogP contribution in [0.15, 0.2) is 17.1 Å². The molecular weight excluding hydrogens is 198 g/mol. The molecule has 1 aromatic heterocycles. The van der Waals surface area contributed by atoms with E-state index in [1.54, 1.807) is 11.4 Å². The first-order chi connectivity index (χ1) is 5.61. The van der Waals surface area contributed by atoms with Crippen molar-refractivity contribution in [3.63, 3.8) is 0 Å². The minimum atomic E-state index is -0.437. The van der Waals surface area contributed by atoms with Crippen molar-refractivity contribution in [3.05, 3.63) is 37.2 Å². The van der Waals surface area contributed by atoms with Gasteiger partial charge in [0.1, 0.15) is 4.34 Å². The molecule has 12 heavy (non-hydrogen) atoms. The van der Waals surface area contributed by atoms with Crippen LogP contribution >= 0.6 is 22.9 Å². The van der Waals surface area contributed by atoms with Crippen molar-refractivity contribution in [1.82, 2.24) is 0 Å². The van der Waals surface area contributed by atoms with Crippen LogP contribution in [0.2, 0.25) is 4.34 Å². The summed E-state index contributed by atoms with van der Waals surface area (Å²) in [4.78, 5) is 9.80. The van der Waals surface area contributed by atoms with Crippen LogP contribution in [-0.4, -0.2) is 4.92 Å². The fourth-order valence-electron chi connectivity index (χ4n) is 0.683. The summed E-state index contributed by atoms with van der Waals surface area (Å²) in [5, 5.41) is 12.0. The summed E-state index contributed by atoms with van der Waals surface area (Å²) >= 11 is 7.10. The van der Waals surface area contributed by atoms with Gasteiger partial charge in [-0.25, -0.2) is 0 Å². The predicted octanol–water partition coefficient (Wildman–Crippen LogP) is 3.04. The van der Waals surface area contributed by atoms with Gasteiger partial charge in [-0.05, 0) is 11.4 Å². The summed E-state index contributed by atoms with van der Waals surface area (Å²) in [6.07, 6.45) is 1.46. The maximum Gasteiger partial charge on any atom is 0.243 e. The number of hydrogen-bond acceptors (Lipinski definition) is 3. The minimum Gasteiger partial charge on any atom is -0.259 e. The molecule has 64 valence electrons. The third-order valence-corrected chi connectivity index (χ3v) is 2.50. The Morgan fingerprint density at radius 2 is 2.50 bits per heavy atom. The van der Waals surface area contributed by atoms with E-state index in [0.717, 1.165) is 0 Å². The zero-order valence-electron chi connectivity index (χ0n) is 6.28.